The number of nitrogens with zero attached hydrogens (tertiary/aromatic N) is 1. The first-order chi connectivity index (χ1) is 6.29. The molecule has 13 heavy (non-hydrogen) atoms. The Hall–Kier alpha value is -1.90. The topological polar surface area (TPSA) is 53.0 Å². The fraction of sp³-hybridized carbons (Fsp3) is 0. The van der Waals surface area contributed by atoms with Gasteiger partial charge in [0.2, 0.25) is 0 Å². The maximum absolute atomic E-state index is 10.7. The van der Waals surface area contributed by atoms with Crippen molar-refractivity contribution in [1.82, 2.24) is 4.98 Å². The highest BCUT2D eigenvalue weighted by atomic mass is 16.4. The van der Waals surface area contributed by atoms with E-state index in [-0.39, 0.29) is 5.56 Å². The lowest BCUT2D eigenvalue weighted by molar-refractivity contribution is -0.254. The quantitative estimate of drug-likeness (QED) is 0.632. The van der Waals surface area contributed by atoms with Gasteiger partial charge in [-0.05, 0) is 11.5 Å². The van der Waals surface area contributed by atoms with Crippen LogP contribution >= 0.6 is 0 Å². The van der Waals surface area contributed by atoms with Crippen LogP contribution in [0.3, 0.4) is 0 Å². The Bertz CT molecular complexity index is 460. The van der Waals surface area contributed by atoms with Gasteiger partial charge in [0.1, 0.15) is 0 Å². The molecular weight excluding hydrogens is 166 g/mol. The van der Waals surface area contributed by atoms with Crippen molar-refractivity contribution in [3.8, 4) is 0 Å². The van der Waals surface area contributed by atoms with E-state index in [0.29, 0.717) is 5.39 Å². The summed E-state index contributed by atoms with van der Waals surface area (Å²) in [5.74, 6) is -1.17. The number of pyridine rings is 1. The van der Waals surface area contributed by atoms with E-state index in [9.17, 15) is 9.90 Å². The fourth-order valence-electron chi connectivity index (χ4n) is 1.29. The number of hydrogen-bond donors (Lipinski definition) is 0. The van der Waals surface area contributed by atoms with Crippen molar-refractivity contribution in [3.05, 3.63) is 42.2 Å². The molecule has 2 aromatic rings. The van der Waals surface area contributed by atoms with E-state index in [1.807, 2.05) is 6.07 Å². The smallest absolute Gasteiger partial charge is 0.0722 e. The molecule has 0 spiro atoms. The first-order valence-corrected chi connectivity index (χ1v) is 3.83. The molecule has 0 atom stereocenters. The second-order valence-electron chi connectivity index (χ2n) is 2.69. The van der Waals surface area contributed by atoms with Gasteiger partial charge in [-0.3, -0.25) is 4.98 Å². The Balaban J connectivity index is 2.83. The number of aromatic carboxylic acids is 1. The number of hydrogen-bond acceptors (Lipinski definition) is 3. The molecule has 0 aliphatic carbocycles. The van der Waals surface area contributed by atoms with Crippen molar-refractivity contribution < 1.29 is 9.90 Å². The molecule has 1 aromatic carbocycles. The van der Waals surface area contributed by atoms with Crippen LogP contribution in [0.1, 0.15) is 10.4 Å². The molecule has 0 radical (unpaired) electrons. The molecule has 0 saturated carbocycles. The molecule has 3 nitrogen and oxygen atoms in total. The molecule has 64 valence electrons. The molecule has 0 unspecified atom stereocenters. The van der Waals surface area contributed by atoms with Gasteiger partial charge in [0.25, 0.3) is 0 Å². The van der Waals surface area contributed by atoms with Crippen LogP contribution in [0.5, 0.6) is 0 Å². The second kappa shape index (κ2) is 2.86. The van der Waals surface area contributed by atoms with Gasteiger partial charge >= 0.3 is 0 Å². The summed E-state index contributed by atoms with van der Waals surface area (Å²) in [4.78, 5) is 14.5. The van der Waals surface area contributed by atoms with Gasteiger partial charge in [-0.25, -0.2) is 0 Å². The van der Waals surface area contributed by atoms with Crippen LogP contribution < -0.4 is 5.11 Å². The van der Waals surface area contributed by atoms with Gasteiger partial charge in [-0.1, -0.05) is 18.2 Å². The van der Waals surface area contributed by atoms with E-state index in [4.69, 9.17) is 0 Å². The Morgan fingerprint density at radius 3 is 2.92 bits per heavy atom. The van der Waals surface area contributed by atoms with Gasteiger partial charge in [0.15, 0.2) is 0 Å². The summed E-state index contributed by atoms with van der Waals surface area (Å²) < 4.78 is 0. The molecule has 0 N–H and O–H groups in total. The van der Waals surface area contributed by atoms with Crippen molar-refractivity contribution >= 4 is 16.7 Å². The summed E-state index contributed by atoms with van der Waals surface area (Å²) in [5, 5.41) is 12.1. The summed E-state index contributed by atoms with van der Waals surface area (Å²) >= 11 is 0. The molecule has 0 aliphatic rings. The lowest BCUT2D eigenvalue weighted by Gasteiger charge is -2.05. The Kier molecular flexibility index (Phi) is 1.70. The highest BCUT2D eigenvalue weighted by Crippen LogP contribution is 2.16. The van der Waals surface area contributed by atoms with Crippen molar-refractivity contribution in [2.75, 3.05) is 0 Å². The van der Waals surface area contributed by atoms with E-state index in [1.165, 1.54) is 12.3 Å². The lowest BCUT2D eigenvalue weighted by Crippen LogP contribution is -2.22. The third kappa shape index (κ3) is 1.24. The van der Waals surface area contributed by atoms with E-state index in [0.717, 1.165) is 5.39 Å². The number of fused-ring (bicyclic) bond motifs is 1. The summed E-state index contributed by atoms with van der Waals surface area (Å²) in [6.45, 7) is 0. The highest BCUT2D eigenvalue weighted by Gasteiger charge is 1.99. The van der Waals surface area contributed by atoms with E-state index >= 15 is 0 Å². The fourth-order valence-corrected chi connectivity index (χ4v) is 1.29. The summed E-state index contributed by atoms with van der Waals surface area (Å²) in [7, 11) is 0. The number of benzene rings is 1. The van der Waals surface area contributed by atoms with Crippen LogP contribution in [0, 0.1) is 0 Å². The molecule has 0 fully saturated rings. The highest BCUT2D eigenvalue weighted by molar-refractivity contribution is 6.02. The van der Waals surface area contributed by atoms with Crippen molar-refractivity contribution in [1.29, 1.82) is 0 Å². The average Bonchev–Trinajstić information content (AvgIpc) is 2.17. The summed E-state index contributed by atoms with van der Waals surface area (Å²) in [6.07, 6.45) is 3.15. The molecule has 1 aromatic heterocycles. The van der Waals surface area contributed by atoms with Gasteiger partial charge in [-0.2, -0.15) is 0 Å². The molecule has 2 rings (SSSR count). The van der Waals surface area contributed by atoms with Crippen molar-refractivity contribution in [2.45, 2.75) is 0 Å². The van der Waals surface area contributed by atoms with E-state index in [2.05, 4.69) is 4.98 Å². The molecule has 0 bridgehead atoms. The summed E-state index contributed by atoms with van der Waals surface area (Å²) in [5.41, 5.74) is 0.186. The lowest BCUT2D eigenvalue weighted by atomic mass is 10.1. The SMILES string of the molecule is O=C([O-])c1cccc2ccncc12. The number of rotatable bonds is 1. The first kappa shape index (κ1) is 7.73. The Labute approximate surface area is 74.7 Å². The van der Waals surface area contributed by atoms with Crippen LogP contribution in [0.4, 0.5) is 0 Å². The number of aromatic nitrogens is 1. The Morgan fingerprint density at radius 2 is 2.15 bits per heavy atom. The Morgan fingerprint density at radius 1 is 1.31 bits per heavy atom. The number of carboxylic acids is 1. The van der Waals surface area contributed by atoms with Crippen LogP contribution in [-0.2, 0) is 0 Å². The number of carbonyl (C=O) groups is 1. The molecule has 0 saturated heterocycles. The largest absolute Gasteiger partial charge is 0.545 e. The number of carbonyl (C=O) groups excluding carboxylic acids is 1. The standard InChI is InChI=1S/C10H7NO2/c12-10(13)8-3-1-2-7-4-5-11-6-9(7)8/h1-6H,(H,12,13)/p-1. The molecule has 0 amide bonds. The van der Waals surface area contributed by atoms with Crippen LogP contribution in [0.2, 0.25) is 0 Å². The maximum Gasteiger partial charge on any atom is 0.0722 e. The number of carboxylic acid groups (broad SMARTS) is 1. The monoisotopic (exact) mass is 172 g/mol. The summed E-state index contributed by atoms with van der Waals surface area (Å²) in [6, 6.07) is 6.80. The van der Waals surface area contributed by atoms with Crippen LogP contribution in [0.15, 0.2) is 36.7 Å². The predicted octanol–water partition coefficient (Wildman–Crippen LogP) is 0.598. The third-order valence-corrected chi connectivity index (χ3v) is 1.90. The zero-order chi connectivity index (χ0) is 9.26. The normalized spacial score (nSPS) is 10.2. The molecule has 0 aliphatic heterocycles. The van der Waals surface area contributed by atoms with E-state index in [1.54, 1.807) is 18.3 Å². The second-order valence-corrected chi connectivity index (χ2v) is 2.69. The minimum absolute atomic E-state index is 0.186. The maximum atomic E-state index is 10.7. The van der Waals surface area contributed by atoms with E-state index < -0.39 is 5.97 Å². The minimum Gasteiger partial charge on any atom is -0.545 e. The molecule has 3 heteroatoms. The first-order valence-electron chi connectivity index (χ1n) is 3.83. The van der Waals surface area contributed by atoms with Crippen LogP contribution in [-0.4, -0.2) is 11.0 Å². The van der Waals surface area contributed by atoms with Gasteiger partial charge in [-0.15, -0.1) is 0 Å². The molecule has 1 heterocycles. The van der Waals surface area contributed by atoms with Gasteiger partial charge in [0, 0.05) is 23.3 Å². The zero-order valence-corrected chi connectivity index (χ0v) is 6.73. The van der Waals surface area contributed by atoms with Crippen molar-refractivity contribution in [2.24, 2.45) is 0 Å². The van der Waals surface area contributed by atoms with Gasteiger partial charge in [0.05, 0.1) is 5.97 Å². The van der Waals surface area contributed by atoms with Crippen molar-refractivity contribution in [3.63, 3.8) is 0 Å². The minimum atomic E-state index is -1.17. The molecular formula is C10H6NO2-. The third-order valence-electron chi connectivity index (χ3n) is 1.90. The zero-order valence-electron chi connectivity index (χ0n) is 6.73. The predicted molar refractivity (Wildman–Crippen MR) is 46.1 cm³/mol. The van der Waals surface area contributed by atoms with Gasteiger partial charge < -0.3 is 9.90 Å². The van der Waals surface area contributed by atoms with Crippen LogP contribution in [0.25, 0.3) is 10.8 Å². The average molecular weight is 172 g/mol.